The summed E-state index contributed by atoms with van der Waals surface area (Å²) in [6.45, 7) is 4.58. The van der Waals surface area contributed by atoms with Gasteiger partial charge in [-0.3, -0.25) is 4.79 Å². The van der Waals surface area contributed by atoms with E-state index in [2.05, 4.69) is 24.3 Å². The molecule has 0 spiro atoms. The number of amides is 1. The Morgan fingerprint density at radius 1 is 1.15 bits per heavy atom. The van der Waals surface area contributed by atoms with E-state index in [1.54, 1.807) is 30.0 Å². The monoisotopic (exact) mass is 384 g/mol. The van der Waals surface area contributed by atoms with Crippen LogP contribution in [0.5, 0.6) is 0 Å². The van der Waals surface area contributed by atoms with E-state index >= 15 is 0 Å². The fraction of sp³-hybridized carbons (Fsp3) is 0.238. The smallest absolute Gasteiger partial charge is 0.224 e. The molecular weight excluding hydrogens is 363 g/mol. The Balaban J connectivity index is 1.51. The average molecular weight is 384 g/mol. The van der Waals surface area contributed by atoms with E-state index in [1.807, 2.05) is 24.3 Å². The number of nitrogens with zero attached hydrogens (tertiary/aromatic N) is 1. The number of benzene rings is 2. The topological polar surface area (TPSA) is 55.1 Å². The molecule has 0 saturated heterocycles. The summed E-state index contributed by atoms with van der Waals surface area (Å²) in [4.78, 5) is 13.3. The van der Waals surface area contributed by atoms with Gasteiger partial charge in [0.25, 0.3) is 0 Å². The fourth-order valence-electron chi connectivity index (χ4n) is 2.54. The Kier molecular flexibility index (Phi) is 6.29. The first-order valence-electron chi connectivity index (χ1n) is 8.73. The van der Waals surface area contributed by atoms with Crippen molar-refractivity contribution in [3.05, 3.63) is 71.7 Å². The molecule has 0 unspecified atom stereocenters. The Hall–Kier alpha value is -2.60. The fourth-order valence-corrected chi connectivity index (χ4v) is 3.38. The van der Waals surface area contributed by atoms with Gasteiger partial charge in [0.1, 0.15) is 11.5 Å². The van der Waals surface area contributed by atoms with E-state index in [4.69, 9.17) is 4.52 Å². The zero-order chi connectivity index (χ0) is 19.2. The third-order valence-electron chi connectivity index (χ3n) is 3.81. The van der Waals surface area contributed by atoms with Gasteiger partial charge in [-0.15, -0.1) is 11.8 Å². The van der Waals surface area contributed by atoms with Crippen LogP contribution in [0, 0.1) is 5.82 Å². The Labute approximate surface area is 162 Å². The van der Waals surface area contributed by atoms with Gasteiger partial charge in [-0.05, 0) is 42.0 Å². The SMILES string of the molecule is CC(C)Sc1ccc(CC(=O)NCc2cc(-c3ccc(F)cc3)on2)cc1. The number of hydrogen-bond acceptors (Lipinski definition) is 4. The zero-order valence-electron chi connectivity index (χ0n) is 15.2. The molecule has 27 heavy (non-hydrogen) atoms. The molecular formula is C21H21FN2O2S. The predicted octanol–water partition coefficient (Wildman–Crippen LogP) is 4.84. The van der Waals surface area contributed by atoms with Crippen molar-refractivity contribution in [3.8, 4) is 11.3 Å². The average Bonchev–Trinajstić information content (AvgIpc) is 3.11. The van der Waals surface area contributed by atoms with Crippen LogP contribution in [0.4, 0.5) is 4.39 Å². The van der Waals surface area contributed by atoms with Gasteiger partial charge in [-0.2, -0.15) is 0 Å². The standard InChI is InChI=1S/C21H21FN2O2S/c1-14(2)27-19-9-3-15(4-10-19)11-21(25)23-13-18-12-20(26-24-18)16-5-7-17(22)8-6-16/h3-10,12,14H,11,13H2,1-2H3,(H,23,25). The quantitative estimate of drug-likeness (QED) is 0.592. The van der Waals surface area contributed by atoms with Crippen LogP contribution in [0.25, 0.3) is 11.3 Å². The highest BCUT2D eigenvalue weighted by atomic mass is 32.2. The number of aromatic nitrogens is 1. The van der Waals surface area contributed by atoms with Gasteiger partial charge < -0.3 is 9.84 Å². The maximum Gasteiger partial charge on any atom is 0.224 e. The minimum absolute atomic E-state index is 0.0782. The number of thioether (sulfide) groups is 1. The van der Waals surface area contributed by atoms with Crippen molar-refractivity contribution in [1.82, 2.24) is 10.5 Å². The van der Waals surface area contributed by atoms with Crippen LogP contribution < -0.4 is 5.32 Å². The van der Waals surface area contributed by atoms with Crippen LogP contribution >= 0.6 is 11.8 Å². The predicted molar refractivity (Wildman–Crippen MR) is 105 cm³/mol. The van der Waals surface area contributed by atoms with Crippen molar-refractivity contribution >= 4 is 17.7 Å². The molecule has 0 bridgehead atoms. The highest BCUT2D eigenvalue weighted by molar-refractivity contribution is 7.99. The second kappa shape index (κ2) is 8.86. The molecule has 140 valence electrons. The Bertz CT molecular complexity index is 889. The second-order valence-electron chi connectivity index (χ2n) is 6.45. The third-order valence-corrected chi connectivity index (χ3v) is 4.83. The summed E-state index contributed by atoms with van der Waals surface area (Å²) < 4.78 is 18.2. The van der Waals surface area contributed by atoms with Crippen molar-refractivity contribution < 1.29 is 13.7 Å². The molecule has 0 aliphatic rings. The Morgan fingerprint density at radius 3 is 2.52 bits per heavy atom. The highest BCUT2D eigenvalue weighted by Crippen LogP contribution is 2.23. The molecule has 1 amide bonds. The van der Waals surface area contributed by atoms with Crippen molar-refractivity contribution in [2.45, 2.75) is 37.0 Å². The zero-order valence-corrected chi connectivity index (χ0v) is 16.1. The summed E-state index contributed by atoms with van der Waals surface area (Å²) in [5.74, 6) is 0.157. The number of halogens is 1. The largest absolute Gasteiger partial charge is 0.356 e. The maximum absolute atomic E-state index is 13.0. The lowest BCUT2D eigenvalue weighted by Crippen LogP contribution is -2.24. The lowest BCUT2D eigenvalue weighted by Gasteiger charge is -2.06. The van der Waals surface area contributed by atoms with Gasteiger partial charge in [0.15, 0.2) is 5.76 Å². The molecule has 2 aromatic carbocycles. The number of carbonyl (C=O) groups excluding carboxylic acids is 1. The number of hydrogen-bond donors (Lipinski definition) is 1. The van der Waals surface area contributed by atoms with E-state index in [0.29, 0.717) is 23.1 Å². The third kappa shape index (κ3) is 5.69. The Morgan fingerprint density at radius 2 is 1.85 bits per heavy atom. The normalized spacial score (nSPS) is 11.0. The lowest BCUT2D eigenvalue weighted by molar-refractivity contribution is -0.120. The number of rotatable bonds is 7. The molecule has 6 heteroatoms. The molecule has 1 aromatic heterocycles. The summed E-state index contributed by atoms with van der Waals surface area (Å²) in [7, 11) is 0. The molecule has 3 rings (SSSR count). The van der Waals surface area contributed by atoms with E-state index in [-0.39, 0.29) is 18.3 Å². The van der Waals surface area contributed by atoms with Gasteiger partial charge in [0.2, 0.25) is 5.91 Å². The summed E-state index contributed by atoms with van der Waals surface area (Å²) >= 11 is 1.79. The molecule has 1 heterocycles. The van der Waals surface area contributed by atoms with Crippen LogP contribution in [-0.2, 0) is 17.8 Å². The van der Waals surface area contributed by atoms with Crippen LogP contribution in [-0.4, -0.2) is 16.3 Å². The van der Waals surface area contributed by atoms with Gasteiger partial charge in [0.05, 0.1) is 13.0 Å². The highest BCUT2D eigenvalue weighted by Gasteiger charge is 2.09. The number of carbonyl (C=O) groups is 1. The van der Waals surface area contributed by atoms with Crippen LogP contribution in [0.15, 0.2) is 64.0 Å². The maximum atomic E-state index is 13.0. The summed E-state index contributed by atoms with van der Waals surface area (Å²) in [5.41, 5.74) is 2.32. The summed E-state index contributed by atoms with van der Waals surface area (Å²) in [6.07, 6.45) is 0.315. The molecule has 0 fully saturated rings. The molecule has 0 saturated carbocycles. The van der Waals surface area contributed by atoms with Crippen LogP contribution in [0.3, 0.4) is 0 Å². The number of nitrogens with one attached hydrogen (secondary N) is 1. The van der Waals surface area contributed by atoms with Crippen LogP contribution in [0.2, 0.25) is 0 Å². The van der Waals surface area contributed by atoms with Crippen molar-refractivity contribution in [1.29, 1.82) is 0 Å². The summed E-state index contributed by atoms with van der Waals surface area (Å²) in [6, 6.07) is 15.8. The van der Waals surface area contributed by atoms with E-state index < -0.39 is 0 Å². The van der Waals surface area contributed by atoms with Gasteiger partial charge in [-0.25, -0.2) is 4.39 Å². The first-order valence-corrected chi connectivity index (χ1v) is 9.61. The van der Waals surface area contributed by atoms with E-state index in [1.165, 1.54) is 17.0 Å². The van der Waals surface area contributed by atoms with Crippen molar-refractivity contribution in [2.24, 2.45) is 0 Å². The minimum Gasteiger partial charge on any atom is -0.356 e. The minimum atomic E-state index is -0.304. The van der Waals surface area contributed by atoms with Crippen LogP contribution in [0.1, 0.15) is 25.1 Å². The molecule has 4 nitrogen and oxygen atoms in total. The molecule has 0 radical (unpaired) electrons. The van der Waals surface area contributed by atoms with Gasteiger partial charge in [-0.1, -0.05) is 31.1 Å². The van der Waals surface area contributed by atoms with Gasteiger partial charge in [0, 0.05) is 21.8 Å². The van der Waals surface area contributed by atoms with Crippen molar-refractivity contribution in [2.75, 3.05) is 0 Å². The molecule has 0 aliphatic heterocycles. The first-order chi connectivity index (χ1) is 13.0. The second-order valence-corrected chi connectivity index (χ2v) is 8.10. The van der Waals surface area contributed by atoms with E-state index in [9.17, 15) is 9.18 Å². The van der Waals surface area contributed by atoms with E-state index in [0.717, 1.165) is 11.1 Å². The summed E-state index contributed by atoms with van der Waals surface area (Å²) in [5, 5.41) is 7.32. The molecule has 0 atom stereocenters. The van der Waals surface area contributed by atoms with Crippen molar-refractivity contribution in [3.63, 3.8) is 0 Å². The first kappa shape index (κ1) is 19.2. The molecule has 1 N–H and O–H groups in total. The molecule has 0 aliphatic carbocycles. The van der Waals surface area contributed by atoms with Gasteiger partial charge >= 0.3 is 0 Å². The lowest BCUT2D eigenvalue weighted by atomic mass is 10.1. The molecule has 3 aromatic rings.